The molecular formula is C13H16. The van der Waals surface area contributed by atoms with Crippen molar-refractivity contribution in [2.75, 3.05) is 0 Å². The molecular weight excluding hydrogens is 156 g/mol. The van der Waals surface area contributed by atoms with Crippen molar-refractivity contribution in [2.24, 2.45) is 0 Å². The van der Waals surface area contributed by atoms with Gasteiger partial charge in [0.15, 0.2) is 0 Å². The van der Waals surface area contributed by atoms with E-state index in [9.17, 15) is 0 Å². The Labute approximate surface area is 80.7 Å². The number of allylic oxidation sites excluding steroid dienone is 8. The lowest BCUT2D eigenvalue weighted by Crippen LogP contribution is -1.78. The van der Waals surface area contributed by atoms with E-state index in [1.807, 2.05) is 13.8 Å². The summed E-state index contributed by atoms with van der Waals surface area (Å²) in [6.45, 7) is 11.9. The zero-order valence-corrected chi connectivity index (χ0v) is 8.43. The first-order chi connectivity index (χ1) is 6.11. The van der Waals surface area contributed by atoms with Crippen LogP contribution in [0.4, 0.5) is 0 Å². The normalized spacial score (nSPS) is 15.8. The van der Waals surface area contributed by atoms with Gasteiger partial charge in [0, 0.05) is 0 Å². The molecule has 1 aliphatic rings. The molecule has 0 atom stereocenters. The Morgan fingerprint density at radius 1 is 1.00 bits per heavy atom. The molecule has 0 heterocycles. The van der Waals surface area contributed by atoms with Gasteiger partial charge in [-0.1, -0.05) is 48.6 Å². The molecule has 0 saturated heterocycles. The second-order valence-corrected chi connectivity index (χ2v) is 3.45. The van der Waals surface area contributed by atoms with Crippen molar-refractivity contribution in [2.45, 2.75) is 20.3 Å². The number of hydrogen-bond donors (Lipinski definition) is 0. The van der Waals surface area contributed by atoms with E-state index >= 15 is 0 Å². The SMILES string of the molecule is C=C(C)C1=CCC=C(C(=C)C)C=C1. The third-order valence-corrected chi connectivity index (χ3v) is 2.10. The summed E-state index contributed by atoms with van der Waals surface area (Å²) in [7, 11) is 0. The van der Waals surface area contributed by atoms with E-state index in [2.05, 4.69) is 37.5 Å². The van der Waals surface area contributed by atoms with Gasteiger partial charge < -0.3 is 0 Å². The highest BCUT2D eigenvalue weighted by molar-refractivity contribution is 5.46. The third-order valence-electron chi connectivity index (χ3n) is 2.10. The largest absolute Gasteiger partial charge is 0.0955 e. The fourth-order valence-electron chi connectivity index (χ4n) is 1.26. The molecule has 0 saturated carbocycles. The minimum atomic E-state index is 0.970. The van der Waals surface area contributed by atoms with Gasteiger partial charge >= 0.3 is 0 Å². The monoisotopic (exact) mass is 172 g/mol. The zero-order valence-electron chi connectivity index (χ0n) is 8.43. The van der Waals surface area contributed by atoms with E-state index < -0.39 is 0 Å². The first-order valence-corrected chi connectivity index (χ1v) is 4.51. The highest BCUT2D eigenvalue weighted by atomic mass is 14.0. The van der Waals surface area contributed by atoms with E-state index in [0.29, 0.717) is 0 Å². The van der Waals surface area contributed by atoms with Crippen molar-refractivity contribution in [3.63, 3.8) is 0 Å². The summed E-state index contributed by atoms with van der Waals surface area (Å²) in [6.07, 6.45) is 9.56. The smallest absolute Gasteiger partial charge is 0.0151 e. The second kappa shape index (κ2) is 4.08. The van der Waals surface area contributed by atoms with E-state index in [4.69, 9.17) is 0 Å². The summed E-state index contributed by atoms with van der Waals surface area (Å²) in [6, 6.07) is 0. The molecule has 0 fully saturated rings. The average Bonchev–Trinajstić information content (AvgIpc) is 2.27. The van der Waals surface area contributed by atoms with Crippen LogP contribution in [0, 0.1) is 0 Å². The lowest BCUT2D eigenvalue weighted by molar-refractivity contribution is 1.32. The molecule has 0 N–H and O–H groups in total. The predicted molar refractivity (Wildman–Crippen MR) is 59.6 cm³/mol. The van der Waals surface area contributed by atoms with E-state index in [0.717, 1.165) is 17.6 Å². The van der Waals surface area contributed by atoms with Gasteiger partial charge in [-0.15, -0.1) is 0 Å². The molecule has 0 bridgehead atoms. The quantitative estimate of drug-likeness (QED) is 0.591. The third kappa shape index (κ3) is 2.59. The minimum Gasteiger partial charge on any atom is -0.0955 e. The van der Waals surface area contributed by atoms with Gasteiger partial charge in [0.25, 0.3) is 0 Å². The Balaban J connectivity index is 2.86. The molecule has 0 aliphatic heterocycles. The van der Waals surface area contributed by atoms with E-state index in [-0.39, 0.29) is 0 Å². The average molecular weight is 172 g/mol. The van der Waals surface area contributed by atoms with E-state index in [1.54, 1.807) is 0 Å². The molecule has 1 rings (SSSR count). The summed E-state index contributed by atoms with van der Waals surface area (Å²) < 4.78 is 0. The maximum absolute atomic E-state index is 3.93. The Morgan fingerprint density at radius 3 is 1.69 bits per heavy atom. The number of rotatable bonds is 2. The molecule has 0 heteroatoms. The summed E-state index contributed by atoms with van der Waals surface area (Å²) in [5.74, 6) is 0. The van der Waals surface area contributed by atoms with Crippen LogP contribution in [0.15, 0.2) is 59.8 Å². The van der Waals surface area contributed by atoms with Crippen molar-refractivity contribution < 1.29 is 0 Å². The maximum atomic E-state index is 3.93. The van der Waals surface area contributed by atoms with Crippen LogP contribution < -0.4 is 0 Å². The van der Waals surface area contributed by atoms with Crippen LogP contribution in [0.3, 0.4) is 0 Å². The Bertz CT molecular complexity index is 290. The fourth-order valence-corrected chi connectivity index (χ4v) is 1.26. The lowest BCUT2D eigenvalue weighted by Gasteiger charge is -1.98. The molecule has 0 aromatic carbocycles. The summed E-state index contributed by atoms with van der Waals surface area (Å²) >= 11 is 0. The topological polar surface area (TPSA) is 0 Å². The summed E-state index contributed by atoms with van der Waals surface area (Å²) in [4.78, 5) is 0. The molecule has 0 unspecified atom stereocenters. The highest BCUT2D eigenvalue weighted by Crippen LogP contribution is 2.19. The molecule has 0 spiro atoms. The van der Waals surface area contributed by atoms with Crippen LogP contribution >= 0.6 is 0 Å². The maximum Gasteiger partial charge on any atom is -0.0151 e. The van der Waals surface area contributed by atoms with Gasteiger partial charge in [0.1, 0.15) is 0 Å². The van der Waals surface area contributed by atoms with Crippen LogP contribution in [0.25, 0.3) is 0 Å². The Morgan fingerprint density at radius 2 is 1.38 bits per heavy atom. The second-order valence-electron chi connectivity index (χ2n) is 3.45. The van der Waals surface area contributed by atoms with Gasteiger partial charge in [0.05, 0.1) is 0 Å². The number of hydrogen-bond acceptors (Lipinski definition) is 0. The van der Waals surface area contributed by atoms with Crippen LogP contribution in [0.5, 0.6) is 0 Å². The van der Waals surface area contributed by atoms with Gasteiger partial charge in [-0.2, -0.15) is 0 Å². The van der Waals surface area contributed by atoms with Crippen molar-refractivity contribution in [3.05, 3.63) is 59.8 Å². The van der Waals surface area contributed by atoms with Crippen LogP contribution in [-0.2, 0) is 0 Å². The van der Waals surface area contributed by atoms with Gasteiger partial charge in [0.2, 0.25) is 0 Å². The molecule has 0 radical (unpaired) electrons. The predicted octanol–water partition coefficient (Wildman–Crippen LogP) is 3.95. The van der Waals surface area contributed by atoms with Crippen LogP contribution in [0.1, 0.15) is 20.3 Å². The molecule has 13 heavy (non-hydrogen) atoms. The highest BCUT2D eigenvalue weighted by Gasteiger charge is 1.99. The summed E-state index contributed by atoms with van der Waals surface area (Å²) in [5.41, 5.74) is 4.69. The van der Waals surface area contributed by atoms with Crippen LogP contribution in [-0.4, -0.2) is 0 Å². The minimum absolute atomic E-state index is 0.970. The van der Waals surface area contributed by atoms with Gasteiger partial charge in [-0.05, 0) is 31.4 Å². The fraction of sp³-hybridized carbons (Fsp3) is 0.231. The Kier molecular flexibility index (Phi) is 3.07. The molecule has 0 aromatic heterocycles. The Hall–Kier alpha value is -1.30. The van der Waals surface area contributed by atoms with Crippen molar-refractivity contribution in [3.8, 4) is 0 Å². The van der Waals surface area contributed by atoms with Crippen molar-refractivity contribution in [1.82, 2.24) is 0 Å². The molecule has 0 amide bonds. The first kappa shape index (κ1) is 9.79. The summed E-state index contributed by atoms with van der Waals surface area (Å²) in [5, 5.41) is 0. The molecule has 1 aliphatic carbocycles. The molecule has 68 valence electrons. The lowest BCUT2D eigenvalue weighted by atomic mass is 10.1. The first-order valence-electron chi connectivity index (χ1n) is 4.51. The molecule has 0 aromatic rings. The van der Waals surface area contributed by atoms with Crippen molar-refractivity contribution >= 4 is 0 Å². The standard InChI is InChI=1S/C13H16/c1-10(2)12-6-5-7-13(9-8-12)11(3)4/h6-9H,1,3,5H2,2,4H3. The van der Waals surface area contributed by atoms with Gasteiger partial charge in [-0.25, -0.2) is 0 Å². The van der Waals surface area contributed by atoms with E-state index in [1.165, 1.54) is 11.1 Å². The molecule has 0 nitrogen and oxygen atoms in total. The van der Waals surface area contributed by atoms with Crippen molar-refractivity contribution in [1.29, 1.82) is 0 Å². The zero-order chi connectivity index (χ0) is 9.84. The van der Waals surface area contributed by atoms with Crippen LogP contribution in [0.2, 0.25) is 0 Å². The van der Waals surface area contributed by atoms with Gasteiger partial charge in [-0.3, -0.25) is 0 Å².